The molecule has 1 atom stereocenters. The summed E-state index contributed by atoms with van der Waals surface area (Å²) in [4.78, 5) is 7.92. The van der Waals surface area contributed by atoms with Crippen molar-refractivity contribution in [2.24, 2.45) is 0 Å². The van der Waals surface area contributed by atoms with Crippen LogP contribution in [0, 0.1) is 0 Å². The summed E-state index contributed by atoms with van der Waals surface area (Å²) in [5, 5.41) is 1.36. The Morgan fingerprint density at radius 3 is 2.34 bits per heavy atom. The molecule has 3 heterocycles. The SMILES string of the molecule is COc1cc2c(cc1OC)C1Cc3c(cc(-c4ccccc4)nc3[Si](C)(C)C)CN1CC2. The number of hydrogen-bond donors (Lipinski definition) is 0. The molecule has 2 aromatic carbocycles. The quantitative estimate of drug-likeness (QED) is 0.533. The maximum absolute atomic E-state index is 5.65. The van der Waals surface area contributed by atoms with E-state index in [4.69, 9.17) is 14.5 Å². The minimum absolute atomic E-state index is 0.366. The lowest BCUT2D eigenvalue weighted by Gasteiger charge is -2.43. The largest absolute Gasteiger partial charge is 0.493 e. The molecule has 2 aliphatic heterocycles. The molecule has 0 fully saturated rings. The van der Waals surface area contributed by atoms with E-state index in [0.29, 0.717) is 6.04 Å². The van der Waals surface area contributed by atoms with Gasteiger partial charge in [0, 0.05) is 30.0 Å². The Kier molecular flexibility index (Phi) is 5.34. The summed E-state index contributed by atoms with van der Waals surface area (Å²) in [6, 6.07) is 17.7. The van der Waals surface area contributed by atoms with Gasteiger partial charge in [0.1, 0.15) is 8.07 Å². The van der Waals surface area contributed by atoms with Gasteiger partial charge in [0.05, 0.1) is 19.9 Å². The van der Waals surface area contributed by atoms with Crippen LogP contribution >= 0.6 is 0 Å². The summed E-state index contributed by atoms with van der Waals surface area (Å²) >= 11 is 0. The molecule has 0 saturated carbocycles. The maximum Gasteiger partial charge on any atom is 0.161 e. The summed E-state index contributed by atoms with van der Waals surface area (Å²) in [6.45, 7) is 9.30. The third-order valence-electron chi connectivity index (χ3n) is 6.88. The normalized spacial score (nSPS) is 17.8. The minimum Gasteiger partial charge on any atom is -0.493 e. The minimum atomic E-state index is -1.63. The Balaban J connectivity index is 1.62. The first kappa shape index (κ1) is 21.2. The average Bonchev–Trinajstić information content (AvgIpc) is 2.81. The van der Waals surface area contributed by atoms with Gasteiger partial charge in [0.25, 0.3) is 0 Å². The Morgan fingerprint density at radius 2 is 1.66 bits per heavy atom. The Morgan fingerprint density at radius 1 is 0.938 bits per heavy atom. The van der Waals surface area contributed by atoms with E-state index in [1.807, 2.05) is 0 Å². The second-order valence-electron chi connectivity index (χ2n) is 9.96. The van der Waals surface area contributed by atoms with Crippen molar-refractivity contribution in [2.75, 3.05) is 20.8 Å². The number of aromatic nitrogens is 1. The topological polar surface area (TPSA) is 34.6 Å². The molecule has 1 aromatic heterocycles. The fourth-order valence-corrected chi connectivity index (χ4v) is 6.91. The van der Waals surface area contributed by atoms with Crippen LogP contribution in [0.15, 0.2) is 48.5 Å². The molecule has 5 rings (SSSR count). The van der Waals surface area contributed by atoms with Crippen molar-refractivity contribution in [3.05, 3.63) is 70.8 Å². The standard InChI is InChI=1S/C27H32N2O2Si/c1-30-25-14-19-11-12-29-17-20-13-23(18-9-7-6-8-10-18)28-27(32(3,4)5)22(20)15-24(29)21(19)16-26(25)31-2/h6-10,13-14,16,24H,11-12,15,17H2,1-5H3. The van der Waals surface area contributed by atoms with Gasteiger partial charge in [0.2, 0.25) is 0 Å². The lowest BCUT2D eigenvalue weighted by molar-refractivity contribution is 0.160. The summed E-state index contributed by atoms with van der Waals surface area (Å²) in [7, 11) is 1.80. The fourth-order valence-electron chi connectivity index (χ4n) is 5.29. The first-order valence-corrected chi connectivity index (χ1v) is 15.0. The van der Waals surface area contributed by atoms with E-state index in [9.17, 15) is 0 Å². The van der Waals surface area contributed by atoms with Gasteiger partial charge >= 0.3 is 0 Å². The van der Waals surface area contributed by atoms with Gasteiger partial charge in [-0.1, -0.05) is 50.0 Å². The van der Waals surface area contributed by atoms with Crippen molar-refractivity contribution >= 4 is 13.4 Å². The third kappa shape index (κ3) is 3.63. The van der Waals surface area contributed by atoms with Crippen LogP contribution in [0.25, 0.3) is 11.3 Å². The number of hydrogen-bond acceptors (Lipinski definition) is 4. The van der Waals surface area contributed by atoms with E-state index >= 15 is 0 Å². The molecular weight excluding hydrogens is 412 g/mol. The smallest absolute Gasteiger partial charge is 0.161 e. The Bertz CT molecular complexity index is 1150. The van der Waals surface area contributed by atoms with E-state index in [1.165, 1.54) is 33.1 Å². The molecule has 32 heavy (non-hydrogen) atoms. The Labute approximate surface area is 192 Å². The van der Waals surface area contributed by atoms with Gasteiger partial charge in [-0.2, -0.15) is 0 Å². The van der Waals surface area contributed by atoms with Gasteiger partial charge < -0.3 is 9.47 Å². The second-order valence-corrected chi connectivity index (χ2v) is 14.9. The summed E-state index contributed by atoms with van der Waals surface area (Å²) in [5.41, 5.74) is 8.02. The molecule has 0 bridgehead atoms. The Hall–Kier alpha value is -2.63. The van der Waals surface area contributed by atoms with E-state index in [2.05, 4.69) is 73.1 Å². The molecule has 3 aromatic rings. The van der Waals surface area contributed by atoms with Gasteiger partial charge in [-0.3, -0.25) is 9.88 Å². The molecule has 166 valence electrons. The molecule has 2 aliphatic rings. The number of benzene rings is 2. The highest BCUT2D eigenvalue weighted by atomic mass is 28.3. The maximum atomic E-state index is 5.65. The van der Waals surface area contributed by atoms with Crippen molar-refractivity contribution < 1.29 is 9.47 Å². The highest BCUT2D eigenvalue weighted by Gasteiger charge is 2.36. The molecule has 0 radical (unpaired) electrons. The van der Waals surface area contributed by atoms with Crippen molar-refractivity contribution in [1.29, 1.82) is 0 Å². The van der Waals surface area contributed by atoms with Crippen LogP contribution in [-0.4, -0.2) is 38.7 Å². The zero-order valence-electron chi connectivity index (χ0n) is 19.7. The number of rotatable bonds is 4. The van der Waals surface area contributed by atoms with E-state index in [-0.39, 0.29) is 0 Å². The lowest BCUT2D eigenvalue weighted by atomic mass is 9.84. The first-order chi connectivity index (χ1) is 15.4. The van der Waals surface area contributed by atoms with Crippen molar-refractivity contribution in [1.82, 2.24) is 9.88 Å². The molecule has 0 saturated heterocycles. The zero-order chi connectivity index (χ0) is 22.5. The predicted molar refractivity (Wildman–Crippen MR) is 133 cm³/mol. The zero-order valence-corrected chi connectivity index (χ0v) is 20.7. The number of nitrogens with zero attached hydrogens (tertiary/aromatic N) is 2. The molecule has 0 spiro atoms. The summed E-state index contributed by atoms with van der Waals surface area (Å²) < 4.78 is 11.2. The molecule has 0 amide bonds. The van der Waals surface area contributed by atoms with Gasteiger partial charge in [-0.05, 0) is 53.3 Å². The van der Waals surface area contributed by atoms with Crippen molar-refractivity contribution in [2.45, 2.75) is 45.1 Å². The van der Waals surface area contributed by atoms with Crippen molar-refractivity contribution in [3.8, 4) is 22.8 Å². The second kappa shape index (κ2) is 8.05. The molecule has 5 heteroatoms. The highest BCUT2D eigenvalue weighted by Crippen LogP contribution is 2.42. The molecule has 4 nitrogen and oxygen atoms in total. The summed E-state index contributed by atoms with van der Waals surface area (Å²) in [6.07, 6.45) is 2.05. The molecule has 0 aliphatic carbocycles. The van der Waals surface area contributed by atoms with Crippen molar-refractivity contribution in [3.63, 3.8) is 0 Å². The predicted octanol–water partition coefficient (Wildman–Crippen LogP) is 4.97. The van der Waals surface area contributed by atoms with Crippen LogP contribution in [0.2, 0.25) is 19.6 Å². The third-order valence-corrected chi connectivity index (χ3v) is 8.72. The number of methoxy groups -OCH3 is 2. The lowest BCUT2D eigenvalue weighted by Crippen LogP contribution is -2.48. The first-order valence-electron chi connectivity index (χ1n) is 11.5. The monoisotopic (exact) mass is 444 g/mol. The van der Waals surface area contributed by atoms with Gasteiger partial charge in [-0.15, -0.1) is 0 Å². The molecule has 1 unspecified atom stereocenters. The van der Waals surface area contributed by atoms with Gasteiger partial charge in [0.15, 0.2) is 11.5 Å². The van der Waals surface area contributed by atoms with E-state index < -0.39 is 8.07 Å². The van der Waals surface area contributed by atoms with Crippen LogP contribution in [-0.2, 0) is 19.4 Å². The summed E-state index contributed by atoms with van der Waals surface area (Å²) in [5.74, 6) is 1.65. The molecular formula is C27H32N2O2Si. The van der Waals surface area contributed by atoms with E-state index in [0.717, 1.165) is 43.1 Å². The van der Waals surface area contributed by atoms with Crippen LogP contribution in [0.3, 0.4) is 0 Å². The molecule has 0 N–H and O–H groups in total. The fraction of sp³-hybridized carbons (Fsp3) is 0.370. The highest BCUT2D eigenvalue weighted by molar-refractivity contribution is 6.88. The van der Waals surface area contributed by atoms with Crippen LogP contribution in [0.5, 0.6) is 11.5 Å². The average molecular weight is 445 g/mol. The van der Waals surface area contributed by atoms with Crippen LogP contribution < -0.4 is 14.8 Å². The number of fused-ring (bicyclic) bond motifs is 4. The van der Waals surface area contributed by atoms with E-state index in [1.54, 1.807) is 14.2 Å². The van der Waals surface area contributed by atoms with Crippen LogP contribution in [0.1, 0.15) is 28.3 Å². The van der Waals surface area contributed by atoms with Crippen LogP contribution in [0.4, 0.5) is 0 Å². The number of pyridine rings is 1. The van der Waals surface area contributed by atoms with Gasteiger partial charge in [-0.25, -0.2) is 0 Å². The number of ether oxygens (including phenoxy) is 2.